The fraction of sp³-hybridized carbons (Fsp3) is 0.571. The number of carbonyl (C=O) groups is 1. The van der Waals surface area contributed by atoms with E-state index >= 15 is 0 Å². The van der Waals surface area contributed by atoms with Crippen molar-refractivity contribution in [1.29, 1.82) is 0 Å². The smallest absolute Gasteiger partial charge is 0.221 e. The molecule has 0 aliphatic rings. The summed E-state index contributed by atoms with van der Waals surface area (Å²) in [7, 11) is 4.76. The quantitative estimate of drug-likeness (QED) is 0.606. The van der Waals surface area contributed by atoms with Crippen molar-refractivity contribution in [2.45, 2.75) is 13.0 Å². The third kappa shape index (κ3) is 5.97. The Labute approximate surface area is 125 Å². The van der Waals surface area contributed by atoms with Crippen LogP contribution in [0.2, 0.25) is 0 Å². The number of aromatic nitrogens is 1. The number of hydrogen-bond donors (Lipinski definition) is 2. The molecule has 0 fully saturated rings. The lowest BCUT2D eigenvalue weighted by Gasteiger charge is -2.12. The first-order valence-electron chi connectivity index (χ1n) is 6.75. The van der Waals surface area contributed by atoms with Gasteiger partial charge in [-0.2, -0.15) is 0 Å². The molecule has 2 N–H and O–H groups in total. The molecule has 0 atom stereocenters. The summed E-state index contributed by atoms with van der Waals surface area (Å²) in [5.41, 5.74) is 0.747. The largest absolute Gasteiger partial charge is 0.493 e. The van der Waals surface area contributed by atoms with E-state index in [1.807, 2.05) is 0 Å². The lowest BCUT2D eigenvalue weighted by atomic mass is 10.3. The van der Waals surface area contributed by atoms with E-state index in [0.29, 0.717) is 44.2 Å². The molecule has 1 aromatic heterocycles. The Balaban J connectivity index is 2.34. The van der Waals surface area contributed by atoms with Crippen molar-refractivity contribution in [3.8, 4) is 11.5 Å². The number of methoxy groups -OCH3 is 3. The van der Waals surface area contributed by atoms with Crippen LogP contribution in [0.4, 0.5) is 0 Å². The zero-order valence-corrected chi connectivity index (χ0v) is 12.8. The molecule has 0 saturated carbocycles. The standard InChI is InChI=1S/C14H23N3O4/c1-19-9-8-17-13(18)5-6-15-10-11-14(21-3)12(20-2)4-7-16-11/h4,7,15H,5-6,8-10H2,1-3H3,(H,17,18). The summed E-state index contributed by atoms with van der Waals surface area (Å²) in [5, 5.41) is 5.92. The van der Waals surface area contributed by atoms with Crippen LogP contribution in [0.3, 0.4) is 0 Å². The molecular formula is C14H23N3O4. The van der Waals surface area contributed by atoms with E-state index < -0.39 is 0 Å². The van der Waals surface area contributed by atoms with E-state index in [-0.39, 0.29) is 5.91 Å². The second-order valence-electron chi connectivity index (χ2n) is 4.26. The Kier molecular flexibility index (Phi) is 8.15. The van der Waals surface area contributed by atoms with Gasteiger partial charge in [0.25, 0.3) is 0 Å². The molecule has 7 nitrogen and oxygen atoms in total. The first-order valence-corrected chi connectivity index (χ1v) is 6.75. The molecule has 0 bridgehead atoms. The molecule has 0 aliphatic heterocycles. The van der Waals surface area contributed by atoms with Crippen LogP contribution in [0.1, 0.15) is 12.1 Å². The summed E-state index contributed by atoms with van der Waals surface area (Å²) in [4.78, 5) is 15.7. The fourth-order valence-corrected chi connectivity index (χ4v) is 1.77. The Hall–Kier alpha value is -1.86. The average molecular weight is 297 g/mol. The van der Waals surface area contributed by atoms with Gasteiger partial charge in [0.1, 0.15) is 0 Å². The molecule has 0 aliphatic carbocycles. The topological polar surface area (TPSA) is 81.7 Å². The molecule has 0 spiro atoms. The maximum absolute atomic E-state index is 11.5. The zero-order chi connectivity index (χ0) is 15.5. The Bertz CT molecular complexity index is 440. The minimum Gasteiger partial charge on any atom is -0.493 e. The van der Waals surface area contributed by atoms with Gasteiger partial charge >= 0.3 is 0 Å². The molecule has 7 heteroatoms. The van der Waals surface area contributed by atoms with Crippen LogP contribution in [-0.2, 0) is 16.1 Å². The van der Waals surface area contributed by atoms with E-state index in [2.05, 4.69) is 15.6 Å². The molecule has 1 rings (SSSR count). The lowest BCUT2D eigenvalue weighted by Crippen LogP contribution is -2.30. The second kappa shape index (κ2) is 9.95. The van der Waals surface area contributed by atoms with E-state index in [1.54, 1.807) is 33.6 Å². The number of carbonyl (C=O) groups excluding carboxylic acids is 1. The normalized spacial score (nSPS) is 10.2. The first kappa shape index (κ1) is 17.2. The van der Waals surface area contributed by atoms with Crippen molar-refractivity contribution < 1.29 is 19.0 Å². The van der Waals surface area contributed by atoms with Gasteiger partial charge in [-0.15, -0.1) is 0 Å². The third-order valence-corrected chi connectivity index (χ3v) is 2.82. The van der Waals surface area contributed by atoms with E-state index in [0.717, 1.165) is 5.69 Å². The van der Waals surface area contributed by atoms with Gasteiger partial charge in [-0.3, -0.25) is 9.78 Å². The van der Waals surface area contributed by atoms with Gasteiger partial charge in [0.05, 0.1) is 26.5 Å². The number of nitrogens with one attached hydrogen (secondary N) is 2. The van der Waals surface area contributed by atoms with E-state index in [1.165, 1.54) is 0 Å². The van der Waals surface area contributed by atoms with Crippen LogP contribution in [-0.4, -0.2) is 51.9 Å². The van der Waals surface area contributed by atoms with E-state index in [4.69, 9.17) is 14.2 Å². The van der Waals surface area contributed by atoms with Crippen LogP contribution in [0.15, 0.2) is 12.3 Å². The van der Waals surface area contributed by atoms with Crippen molar-refractivity contribution in [1.82, 2.24) is 15.6 Å². The minimum atomic E-state index is -0.00915. The van der Waals surface area contributed by atoms with Crippen molar-refractivity contribution >= 4 is 5.91 Å². The first-order chi connectivity index (χ1) is 10.2. The summed E-state index contributed by atoms with van der Waals surface area (Å²) in [6, 6.07) is 1.74. The predicted octanol–water partition coefficient (Wildman–Crippen LogP) is 0.341. The molecular weight excluding hydrogens is 274 g/mol. The predicted molar refractivity (Wildman–Crippen MR) is 78.6 cm³/mol. The zero-order valence-electron chi connectivity index (χ0n) is 12.8. The Morgan fingerprint density at radius 2 is 2.05 bits per heavy atom. The maximum Gasteiger partial charge on any atom is 0.221 e. The highest BCUT2D eigenvalue weighted by molar-refractivity contribution is 5.76. The molecule has 21 heavy (non-hydrogen) atoms. The van der Waals surface area contributed by atoms with Gasteiger partial charge in [0.15, 0.2) is 11.5 Å². The number of amides is 1. The maximum atomic E-state index is 11.5. The van der Waals surface area contributed by atoms with Crippen molar-refractivity contribution in [3.63, 3.8) is 0 Å². The summed E-state index contributed by atoms with van der Waals surface area (Å²) in [6.07, 6.45) is 2.06. The van der Waals surface area contributed by atoms with Gasteiger partial charge < -0.3 is 24.8 Å². The SMILES string of the molecule is COCCNC(=O)CCNCc1nccc(OC)c1OC. The monoisotopic (exact) mass is 297 g/mol. The molecule has 0 radical (unpaired) electrons. The molecule has 1 aromatic rings. The van der Waals surface area contributed by atoms with Crippen molar-refractivity contribution in [2.75, 3.05) is 41.0 Å². The fourth-order valence-electron chi connectivity index (χ4n) is 1.77. The van der Waals surface area contributed by atoms with E-state index in [9.17, 15) is 4.79 Å². The highest BCUT2D eigenvalue weighted by Crippen LogP contribution is 2.28. The molecule has 0 unspecified atom stereocenters. The summed E-state index contributed by atoms with van der Waals surface area (Å²) in [6.45, 7) is 2.11. The highest BCUT2D eigenvalue weighted by Gasteiger charge is 2.10. The van der Waals surface area contributed by atoms with Crippen LogP contribution in [0.5, 0.6) is 11.5 Å². The summed E-state index contributed by atoms with van der Waals surface area (Å²) < 4.78 is 15.4. The van der Waals surface area contributed by atoms with Gasteiger partial charge in [-0.05, 0) is 0 Å². The second-order valence-corrected chi connectivity index (χ2v) is 4.26. The van der Waals surface area contributed by atoms with Crippen LogP contribution in [0, 0.1) is 0 Å². The van der Waals surface area contributed by atoms with Crippen LogP contribution < -0.4 is 20.1 Å². The average Bonchev–Trinajstić information content (AvgIpc) is 2.51. The van der Waals surface area contributed by atoms with Gasteiger partial charge in [-0.1, -0.05) is 0 Å². The highest BCUT2D eigenvalue weighted by atomic mass is 16.5. The summed E-state index contributed by atoms with van der Waals surface area (Å²) in [5.74, 6) is 1.24. The number of nitrogens with zero attached hydrogens (tertiary/aromatic N) is 1. The van der Waals surface area contributed by atoms with Gasteiger partial charge in [-0.25, -0.2) is 0 Å². The molecule has 1 amide bonds. The molecule has 1 heterocycles. The Morgan fingerprint density at radius 1 is 1.24 bits per heavy atom. The van der Waals surface area contributed by atoms with Crippen molar-refractivity contribution in [2.24, 2.45) is 0 Å². The number of ether oxygens (including phenoxy) is 3. The van der Waals surface area contributed by atoms with Gasteiger partial charge in [0, 0.05) is 45.4 Å². The van der Waals surface area contributed by atoms with Crippen LogP contribution in [0.25, 0.3) is 0 Å². The van der Waals surface area contributed by atoms with Crippen molar-refractivity contribution in [3.05, 3.63) is 18.0 Å². The number of pyridine rings is 1. The number of rotatable bonds is 10. The summed E-state index contributed by atoms with van der Waals surface area (Å²) >= 11 is 0. The molecule has 118 valence electrons. The van der Waals surface area contributed by atoms with Gasteiger partial charge in [0.2, 0.25) is 5.91 Å². The molecule has 0 saturated heterocycles. The third-order valence-electron chi connectivity index (χ3n) is 2.82. The van der Waals surface area contributed by atoms with Crippen LogP contribution >= 0.6 is 0 Å². The number of hydrogen-bond acceptors (Lipinski definition) is 6. The minimum absolute atomic E-state index is 0.00915. The lowest BCUT2D eigenvalue weighted by molar-refractivity contribution is -0.121. The molecule has 0 aromatic carbocycles. The Morgan fingerprint density at radius 3 is 2.71 bits per heavy atom.